The van der Waals surface area contributed by atoms with E-state index in [1.807, 2.05) is 0 Å². The van der Waals surface area contributed by atoms with E-state index in [0.717, 1.165) is 0 Å². The number of nitrogen functional groups attached to an aromatic ring is 1. The van der Waals surface area contributed by atoms with Crippen molar-refractivity contribution in [3.8, 4) is 23.0 Å². The monoisotopic (exact) mass is 364 g/mol. The molecule has 0 unspecified atom stereocenters. The van der Waals surface area contributed by atoms with Crippen molar-refractivity contribution in [2.45, 2.75) is 0 Å². The first-order chi connectivity index (χ1) is 13.1. The van der Waals surface area contributed by atoms with Crippen molar-refractivity contribution in [1.29, 1.82) is 0 Å². The summed E-state index contributed by atoms with van der Waals surface area (Å²) in [6.45, 7) is 0. The average Bonchev–Trinajstić information content (AvgIpc) is 2.69. The predicted molar refractivity (Wildman–Crippen MR) is 103 cm³/mol. The molecular formula is C21H17FN2O3. The molecule has 1 heterocycles. The third-order valence-corrected chi connectivity index (χ3v) is 4.37. The molecule has 0 bridgehead atoms. The Labute approximate surface area is 155 Å². The minimum Gasteiger partial charge on any atom is -0.493 e. The van der Waals surface area contributed by atoms with Crippen LogP contribution in [-0.2, 0) is 0 Å². The Morgan fingerprint density at radius 1 is 0.815 bits per heavy atom. The fourth-order valence-corrected chi connectivity index (χ4v) is 3.02. The Morgan fingerprint density at radius 2 is 1.59 bits per heavy atom. The number of benzene rings is 3. The van der Waals surface area contributed by atoms with E-state index in [-0.39, 0.29) is 5.75 Å². The number of fused-ring (bicyclic) bond motifs is 2. The van der Waals surface area contributed by atoms with E-state index in [1.165, 1.54) is 0 Å². The van der Waals surface area contributed by atoms with Crippen molar-refractivity contribution in [2.75, 3.05) is 20.0 Å². The molecule has 0 fully saturated rings. The van der Waals surface area contributed by atoms with Crippen molar-refractivity contribution in [2.24, 2.45) is 0 Å². The summed E-state index contributed by atoms with van der Waals surface area (Å²) in [5.41, 5.74) is 7.00. The molecule has 0 spiro atoms. The van der Waals surface area contributed by atoms with Gasteiger partial charge in [-0.1, -0.05) is 6.07 Å². The number of halogens is 1. The molecule has 5 nitrogen and oxygen atoms in total. The maximum atomic E-state index is 14.9. The van der Waals surface area contributed by atoms with Gasteiger partial charge in [0.25, 0.3) is 0 Å². The number of aromatic nitrogens is 1. The number of pyridine rings is 1. The minimum atomic E-state index is -0.446. The van der Waals surface area contributed by atoms with Gasteiger partial charge in [0.05, 0.1) is 19.7 Å². The van der Waals surface area contributed by atoms with Crippen molar-refractivity contribution >= 4 is 27.4 Å². The summed E-state index contributed by atoms with van der Waals surface area (Å²) in [6.07, 6.45) is 1.60. The van der Waals surface area contributed by atoms with Crippen LogP contribution in [-0.4, -0.2) is 19.2 Å². The molecule has 3 aromatic carbocycles. The first kappa shape index (κ1) is 16.9. The highest BCUT2D eigenvalue weighted by Crippen LogP contribution is 2.38. The highest BCUT2D eigenvalue weighted by atomic mass is 19.1. The highest BCUT2D eigenvalue weighted by Gasteiger charge is 2.14. The first-order valence-corrected chi connectivity index (χ1v) is 8.27. The number of ether oxygens (including phenoxy) is 3. The molecule has 0 aliphatic carbocycles. The van der Waals surface area contributed by atoms with Gasteiger partial charge in [-0.2, -0.15) is 0 Å². The standard InChI is InChI=1S/C21H17FN2O3/c1-25-19-10-15-16(11-20(19)26-2)24-8-7-17(15)27-18-6-3-12-9-13(23)4-5-14(12)21(18)22/h3-11H,23H2,1-2H3. The third-order valence-electron chi connectivity index (χ3n) is 4.37. The van der Waals surface area contributed by atoms with Crippen LogP contribution >= 0.6 is 0 Å². The van der Waals surface area contributed by atoms with E-state index in [0.29, 0.717) is 44.6 Å². The minimum absolute atomic E-state index is 0.120. The van der Waals surface area contributed by atoms with Gasteiger partial charge in [0.1, 0.15) is 5.75 Å². The predicted octanol–water partition coefficient (Wildman–Crippen LogP) is 4.92. The molecule has 4 aromatic rings. The van der Waals surface area contributed by atoms with Crippen LogP contribution in [0.25, 0.3) is 21.7 Å². The van der Waals surface area contributed by atoms with E-state index in [9.17, 15) is 4.39 Å². The van der Waals surface area contributed by atoms with Crippen LogP contribution in [0.3, 0.4) is 0 Å². The van der Waals surface area contributed by atoms with Crippen molar-refractivity contribution in [3.63, 3.8) is 0 Å². The second-order valence-electron chi connectivity index (χ2n) is 5.99. The zero-order chi connectivity index (χ0) is 19.0. The molecule has 0 aliphatic heterocycles. The maximum Gasteiger partial charge on any atom is 0.173 e. The second kappa shape index (κ2) is 6.64. The van der Waals surface area contributed by atoms with Gasteiger partial charge in [-0.15, -0.1) is 0 Å². The Hall–Kier alpha value is -3.54. The molecule has 2 N–H and O–H groups in total. The number of methoxy groups -OCH3 is 2. The number of nitrogens with zero attached hydrogens (tertiary/aromatic N) is 1. The van der Waals surface area contributed by atoms with Gasteiger partial charge in [0.15, 0.2) is 23.1 Å². The quantitative estimate of drug-likeness (QED) is 0.521. The normalized spacial score (nSPS) is 10.9. The zero-order valence-corrected chi connectivity index (χ0v) is 14.8. The molecule has 0 radical (unpaired) electrons. The fraction of sp³-hybridized carbons (Fsp3) is 0.0952. The maximum absolute atomic E-state index is 14.9. The van der Waals surface area contributed by atoms with Crippen molar-refractivity contribution < 1.29 is 18.6 Å². The third kappa shape index (κ3) is 2.95. The zero-order valence-electron chi connectivity index (χ0n) is 14.8. The van der Waals surface area contributed by atoms with Gasteiger partial charge < -0.3 is 19.9 Å². The van der Waals surface area contributed by atoms with Crippen molar-refractivity contribution in [1.82, 2.24) is 4.98 Å². The first-order valence-electron chi connectivity index (χ1n) is 8.27. The number of rotatable bonds is 4. The van der Waals surface area contributed by atoms with Gasteiger partial charge in [0.2, 0.25) is 0 Å². The van der Waals surface area contributed by atoms with Crippen LogP contribution < -0.4 is 19.9 Å². The van der Waals surface area contributed by atoms with Crippen LogP contribution in [0.4, 0.5) is 10.1 Å². The molecular weight excluding hydrogens is 347 g/mol. The lowest BCUT2D eigenvalue weighted by Gasteiger charge is -2.13. The molecule has 0 saturated heterocycles. The summed E-state index contributed by atoms with van der Waals surface area (Å²) >= 11 is 0. The molecule has 0 atom stereocenters. The van der Waals surface area contributed by atoms with Crippen LogP contribution in [0, 0.1) is 5.82 Å². The van der Waals surface area contributed by atoms with E-state index in [1.54, 1.807) is 68.9 Å². The lowest BCUT2D eigenvalue weighted by molar-refractivity contribution is 0.355. The fourth-order valence-electron chi connectivity index (χ4n) is 3.02. The number of hydrogen-bond donors (Lipinski definition) is 1. The summed E-state index contributed by atoms with van der Waals surface area (Å²) < 4.78 is 31.5. The molecule has 136 valence electrons. The summed E-state index contributed by atoms with van der Waals surface area (Å²) in [7, 11) is 3.11. The summed E-state index contributed by atoms with van der Waals surface area (Å²) in [5, 5.41) is 1.84. The number of hydrogen-bond acceptors (Lipinski definition) is 5. The van der Waals surface area contributed by atoms with Crippen LogP contribution in [0.2, 0.25) is 0 Å². The van der Waals surface area contributed by atoms with Gasteiger partial charge in [-0.05, 0) is 41.8 Å². The SMILES string of the molecule is COc1cc2nccc(Oc3ccc4cc(N)ccc4c3F)c2cc1OC. The molecule has 0 aliphatic rings. The number of nitrogens with two attached hydrogens (primary N) is 1. The van der Waals surface area contributed by atoms with E-state index >= 15 is 0 Å². The van der Waals surface area contributed by atoms with Crippen LogP contribution in [0.5, 0.6) is 23.0 Å². The molecule has 6 heteroatoms. The average molecular weight is 364 g/mol. The van der Waals surface area contributed by atoms with Crippen LogP contribution in [0.15, 0.2) is 54.7 Å². The lowest BCUT2D eigenvalue weighted by Crippen LogP contribution is -1.95. The molecule has 0 saturated carbocycles. The summed E-state index contributed by atoms with van der Waals surface area (Å²) in [6, 6.07) is 13.6. The molecule has 4 rings (SSSR count). The molecule has 0 amide bonds. The Morgan fingerprint density at radius 3 is 2.37 bits per heavy atom. The topological polar surface area (TPSA) is 66.6 Å². The van der Waals surface area contributed by atoms with Gasteiger partial charge in [0, 0.05) is 28.7 Å². The van der Waals surface area contributed by atoms with Gasteiger partial charge in [-0.25, -0.2) is 4.39 Å². The Balaban J connectivity index is 1.83. The molecule has 27 heavy (non-hydrogen) atoms. The van der Waals surface area contributed by atoms with Gasteiger partial charge >= 0.3 is 0 Å². The second-order valence-corrected chi connectivity index (χ2v) is 5.99. The summed E-state index contributed by atoms with van der Waals surface area (Å²) in [4.78, 5) is 4.33. The van der Waals surface area contributed by atoms with Crippen LogP contribution in [0.1, 0.15) is 0 Å². The van der Waals surface area contributed by atoms with E-state index in [2.05, 4.69) is 4.98 Å². The lowest BCUT2D eigenvalue weighted by atomic mass is 10.1. The van der Waals surface area contributed by atoms with E-state index in [4.69, 9.17) is 19.9 Å². The van der Waals surface area contributed by atoms with Crippen molar-refractivity contribution in [3.05, 3.63) is 60.5 Å². The van der Waals surface area contributed by atoms with Gasteiger partial charge in [-0.3, -0.25) is 4.98 Å². The highest BCUT2D eigenvalue weighted by molar-refractivity contribution is 5.89. The van der Waals surface area contributed by atoms with E-state index < -0.39 is 5.82 Å². The Kier molecular flexibility index (Phi) is 4.16. The Bertz CT molecular complexity index is 1160. The smallest absolute Gasteiger partial charge is 0.173 e. The molecule has 1 aromatic heterocycles. The number of anilines is 1. The summed E-state index contributed by atoms with van der Waals surface area (Å²) in [5.74, 6) is 1.24. The largest absolute Gasteiger partial charge is 0.493 e.